The lowest BCUT2D eigenvalue weighted by molar-refractivity contribution is -0.157. The smallest absolute Gasteiger partial charge is 0.307 e. The fourth-order valence-corrected chi connectivity index (χ4v) is 2.64. The van der Waals surface area contributed by atoms with Crippen molar-refractivity contribution in [2.75, 3.05) is 13.1 Å². The summed E-state index contributed by atoms with van der Waals surface area (Å²) in [6, 6.07) is 0. The first kappa shape index (κ1) is 20.4. The molecule has 0 N–H and O–H groups in total. The molecule has 1 atom stereocenters. The molecule has 0 spiro atoms. The van der Waals surface area contributed by atoms with Crippen LogP contribution in [0.15, 0.2) is 0 Å². The molecule has 0 saturated carbocycles. The van der Waals surface area contributed by atoms with Gasteiger partial charge in [0.1, 0.15) is 0 Å². The highest BCUT2D eigenvalue weighted by Gasteiger charge is 2.14. The van der Waals surface area contributed by atoms with E-state index in [0.29, 0.717) is 6.42 Å². The summed E-state index contributed by atoms with van der Waals surface area (Å²) in [5.41, 5.74) is 0. The lowest BCUT2D eigenvalue weighted by Gasteiger charge is -2.25. The van der Waals surface area contributed by atoms with E-state index in [0.717, 1.165) is 25.9 Å². The number of carbonyl (C=O) groups excluding carboxylic acids is 1. The summed E-state index contributed by atoms with van der Waals surface area (Å²) < 4.78 is 5.45. The minimum Gasteiger partial charge on any atom is -0.447 e. The quantitative estimate of drug-likeness (QED) is 0.253. The Kier molecular flexibility index (Phi) is 14.0. The van der Waals surface area contributed by atoms with Crippen LogP contribution in [0.2, 0.25) is 0 Å². The molecule has 0 aliphatic heterocycles. The number of unbranched alkanes of at least 4 members (excludes halogenated alkanes) is 8. The van der Waals surface area contributed by atoms with Gasteiger partial charge < -0.3 is 4.74 Å². The van der Waals surface area contributed by atoms with Crippen LogP contribution >= 0.6 is 0 Å². The molecule has 0 aromatic heterocycles. The van der Waals surface area contributed by atoms with Gasteiger partial charge in [-0.05, 0) is 26.4 Å². The van der Waals surface area contributed by atoms with Crippen molar-refractivity contribution >= 4 is 5.97 Å². The van der Waals surface area contributed by atoms with Crippen molar-refractivity contribution in [3.05, 3.63) is 0 Å². The van der Waals surface area contributed by atoms with Gasteiger partial charge in [0.15, 0.2) is 6.23 Å². The van der Waals surface area contributed by atoms with Crippen molar-refractivity contribution in [2.45, 2.75) is 98.1 Å². The predicted molar refractivity (Wildman–Crippen MR) is 90.3 cm³/mol. The highest BCUT2D eigenvalue weighted by atomic mass is 16.6. The van der Waals surface area contributed by atoms with Gasteiger partial charge in [0.2, 0.25) is 0 Å². The Balaban J connectivity index is 3.45. The summed E-state index contributed by atoms with van der Waals surface area (Å²) in [7, 11) is 0. The zero-order valence-electron chi connectivity index (χ0n) is 14.8. The fourth-order valence-electron chi connectivity index (χ4n) is 2.64. The van der Waals surface area contributed by atoms with Gasteiger partial charge in [-0.15, -0.1) is 0 Å². The van der Waals surface area contributed by atoms with E-state index in [2.05, 4.69) is 25.7 Å². The number of esters is 1. The molecule has 21 heavy (non-hydrogen) atoms. The minimum absolute atomic E-state index is 0.0441. The number of rotatable bonds is 14. The molecule has 0 aromatic carbocycles. The van der Waals surface area contributed by atoms with Crippen molar-refractivity contribution in [1.29, 1.82) is 0 Å². The molecule has 0 fully saturated rings. The number of carbonyl (C=O) groups is 1. The first-order valence-electron chi connectivity index (χ1n) is 9.09. The van der Waals surface area contributed by atoms with Gasteiger partial charge in [0, 0.05) is 6.42 Å². The maximum absolute atomic E-state index is 11.7. The second kappa shape index (κ2) is 14.4. The largest absolute Gasteiger partial charge is 0.447 e. The second-order valence-electron chi connectivity index (χ2n) is 5.89. The summed E-state index contributed by atoms with van der Waals surface area (Å²) in [6.07, 6.45) is 12.0. The SMILES string of the molecule is CCCCCCCCCCCC(=O)O[C@@H](C)N(CC)CC. The van der Waals surface area contributed by atoms with E-state index in [1.165, 1.54) is 44.9 Å². The van der Waals surface area contributed by atoms with Crippen molar-refractivity contribution in [1.82, 2.24) is 4.90 Å². The van der Waals surface area contributed by atoms with E-state index in [-0.39, 0.29) is 12.2 Å². The van der Waals surface area contributed by atoms with E-state index in [4.69, 9.17) is 4.74 Å². The van der Waals surface area contributed by atoms with Crippen molar-refractivity contribution in [2.24, 2.45) is 0 Å². The summed E-state index contributed by atoms with van der Waals surface area (Å²) in [5.74, 6) is -0.0441. The first-order valence-corrected chi connectivity index (χ1v) is 9.09. The molecule has 0 rings (SSSR count). The second-order valence-corrected chi connectivity index (χ2v) is 5.89. The lowest BCUT2D eigenvalue weighted by Crippen LogP contribution is -2.36. The van der Waals surface area contributed by atoms with Gasteiger partial charge in [0.05, 0.1) is 0 Å². The fraction of sp³-hybridized carbons (Fsp3) is 0.944. The third kappa shape index (κ3) is 11.7. The Morgan fingerprint density at radius 3 is 1.81 bits per heavy atom. The van der Waals surface area contributed by atoms with Gasteiger partial charge in [-0.25, -0.2) is 0 Å². The minimum atomic E-state index is -0.0916. The highest BCUT2D eigenvalue weighted by Crippen LogP contribution is 2.11. The Hall–Kier alpha value is -0.570. The van der Waals surface area contributed by atoms with Crippen LogP contribution < -0.4 is 0 Å². The van der Waals surface area contributed by atoms with Gasteiger partial charge in [-0.2, -0.15) is 0 Å². The summed E-state index contributed by atoms with van der Waals surface area (Å²) >= 11 is 0. The molecule has 0 saturated heterocycles. The zero-order valence-corrected chi connectivity index (χ0v) is 14.8. The van der Waals surface area contributed by atoms with Crippen LogP contribution in [0.3, 0.4) is 0 Å². The molecule has 0 amide bonds. The summed E-state index contributed by atoms with van der Waals surface area (Å²) in [5, 5.41) is 0. The Morgan fingerprint density at radius 1 is 0.857 bits per heavy atom. The maximum atomic E-state index is 11.7. The Morgan fingerprint density at radius 2 is 1.33 bits per heavy atom. The van der Waals surface area contributed by atoms with E-state index in [9.17, 15) is 4.79 Å². The van der Waals surface area contributed by atoms with Crippen LogP contribution in [-0.4, -0.2) is 30.2 Å². The molecule has 0 unspecified atom stereocenters. The number of hydrogen-bond donors (Lipinski definition) is 0. The maximum Gasteiger partial charge on any atom is 0.307 e. The molecule has 0 aliphatic carbocycles. The third-order valence-electron chi connectivity index (χ3n) is 4.11. The third-order valence-corrected chi connectivity index (χ3v) is 4.11. The molecular weight excluding hydrogens is 262 g/mol. The van der Waals surface area contributed by atoms with Crippen LogP contribution in [0.25, 0.3) is 0 Å². The average molecular weight is 299 g/mol. The molecule has 0 bridgehead atoms. The van der Waals surface area contributed by atoms with Gasteiger partial charge in [-0.1, -0.05) is 72.1 Å². The predicted octanol–water partition coefficient (Wildman–Crippen LogP) is 5.14. The van der Waals surface area contributed by atoms with E-state index in [1.54, 1.807) is 0 Å². The number of hydrogen-bond acceptors (Lipinski definition) is 3. The standard InChI is InChI=1S/C18H37NO2/c1-5-8-9-10-11-12-13-14-15-16-18(20)21-17(4)19(6-2)7-3/h17H,5-16H2,1-4H3/t17-/m0/s1. The van der Waals surface area contributed by atoms with E-state index in [1.807, 2.05) is 6.92 Å². The van der Waals surface area contributed by atoms with Crippen LogP contribution in [-0.2, 0) is 9.53 Å². The van der Waals surface area contributed by atoms with Crippen LogP contribution in [0, 0.1) is 0 Å². The first-order chi connectivity index (χ1) is 10.2. The normalized spacial score (nSPS) is 12.6. The highest BCUT2D eigenvalue weighted by molar-refractivity contribution is 5.69. The molecule has 0 aromatic rings. The van der Waals surface area contributed by atoms with Crippen molar-refractivity contribution in [3.63, 3.8) is 0 Å². The molecule has 3 heteroatoms. The van der Waals surface area contributed by atoms with E-state index < -0.39 is 0 Å². The molecule has 0 heterocycles. The van der Waals surface area contributed by atoms with Crippen molar-refractivity contribution < 1.29 is 9.53 Å². The van der Waals surface area contributed by atoms with Gasteiger partial charge in [0.25, 0.3) is 0 Å². The average Bonchev–Trinajstić information content (AvgIpc) is 2.46. The Labute approximate surface area is 132 Å². The van der Waals surface area contributed by atoms with Crippen molar-refractivity contribution in [3.8, 4) is 0 Å². The molecule has 0 aliphatic rings. The topological polar surface area (TPSA) is 29.5 Å². The molecular formula is C18H37NO2. The van der Waals surface area contributed by atoms with Crippen LogP contribution in [0.1, 0.15) is 91.9 Å². The van der Waals surface area contributed by atoms with Gasteiger partial charge >= 0.3 is 5.97 Å². The molecule has 126 valence electrons. The number of ether oxygens (including phenoxy) is 1. The lowest BCUT2D eigenvalue weighted by atomic mass is 10.1. The summed E-state index contributed by atoms with van der Waals surface area (Å²) in [4.78, 5) is 13.9. The monoisotopic (exact) mass is 299 g/mol. The van der Waals surface area contributed by atoms with E-state index >= 15 is 0 Å². The molecule has 3 nitrogen and oxygen atoms in total. The summed E-state index contributed by atoms with van der Waals surface area (Å²) in [6.45, 7) is 10.2. The van der Waals surface area contributed by atoms with Gasteiger partial charge in [-0.3, -0.25) is 9.69 Å². The Bertz CT molecular complexity index is 239. The van der Waals surface area contributed by atoms with Crippen LogP contribution in [0.5, 0.6) is 0 Å². The van der Waals surface area contributed by atoms with Crippen LogP contribution in [0.4, 0.5) is 0 Å². The molecule has 0 radical (unpaired) electrons. The number of nitrogens with zero attached hydrogens (tertiary/aromatic N) is 1. The zero-order chi connectivity index (χ0) is 15.9.